The lowest BCUT2D eigenvalue weighted by molar-refractivity contribution is -0.119. The minimum absolute atomic E-state index is 0.0986. The van der Waals surface area contributed by atoms with Gasteiger partial charge in [0.1, 0.15) is 0 Å². The zero-order chi connectivity index (χ0) is 37.6. The molecule has 1 aliphatic heterocycles. The molecule has 3 aromatic heterocycles. The molecule has 0 radical (unpaired) electrons. The number of hydrogen-bond donors (Lipinski definition) is 2. The molecule has 0 spiro atoms. The molecule has 1 atom stereocenters. The fourth-order valence-corrected chi connectivity index (χ4v) is 7.76. The summed E-state index contributed by atoms with van der Waals surface area (Å²) in [5, 5.41) is 12.0. The molecule has 0 bridgehead atoms. The Morgan fingerprint density at radius 3 is 2.26 bits per heavy atom. The summed E-state index contributed by atoms with van der Waals surface area (Å²) in [6.07, 6.45) is 4.06. The number of carbonyl (C=O) groups excluding carboxylic acids is 1. The molecular formula is C41H49Cl2N7O3. The monoisotopic (exact) mass is 757 g/mol. The van der Waals surface area contributed by atoms with Gasteiger partial charge in [-0.1, -0.05) is 93.4 Å². The number of amides is 1. The number of hydrogen-bond acceptors (Lipinski definition) is 7. The van der Waals surface area contributed by atoms with Crippen LogP contribution in [0.3, 0.4) is 0 Å². The molecule has 280 valence electrons. The standard InChI is InChI=1S/C41H49Cl2N7O3/c1-26(2)23-48(24-27(3)4)19-8-20-50-41(52)49-25-29(14-17-36(49)47-50)31-9-6-10-32(38(31)42)33-11-7-12-34(39(33)43)35-16-13-28(40(46-35)53-5)21-44-22-30-15-18-37(51)45-30/h6-7,9-14,16-17,25-27,30,44H,8,15,18-24H2,1-5H3,(H,45,51)/t30-/m1/s1. The quantitative estimate of drug-likeness (QED) is 0.107. The first-order chi connectivity index (χ1) is 25.5. The lowest BCUT2D eigenvalue weighted by Crippen LogP contribution is -2.35. The van der Waals surface area contributed by atoms with Crippen LogP contribution in [0.5, 0.6) is 5.88 Å². The van der Waals surface area contributed by atoms with Crippen molar-refractivity contribution in [1.29, 1.82) is 0 Å². The van der Waals surface area contributed by atoms with Crippen LogP contribution in [0.4, 0.5) is 0 Å². The maximum Gasteiger partial charge on any atom is 0.350 e. The summed E-state index contributed by atoms with van der Waals surface area (Å²) < 4.78 is 8.82. The Morgan fingerprint density at radius 1 is 0.925 bits per heavy atom. The highest BCUT2D eigenvalue weighted by Crippen LogP contribution is 2.42. The van der Waals surface area contributed by atoms with Gasteiger partial charge < -0.3 is 20.3 Å². The van der Waals surface area contributed by atoms with Crippen molar-refractivity contribution in [1.82, 2.24) is 34.7 Å². The van der Waals surface area contributed by atoms with E-state index in [2.05, 4.69) is 48.3 Å². The predicted molar refractivity (Wildman–Crippen MR) is 214 cm³/mol. The van der Waals surface area contributed by atoms with Crippen LogP contribution in [0.2, 0.25) is 10.0 Å². The zero-order valence-corrected chi connectivity index (χ0v) is 32.7. The van der Waals surface area contributed by atoms with Crippen molar-refractivity contribution in [3.63, 3.8) is 0 Å². The molecule has 12 heteroatoms. The molecule has 1 aliphatic rings. The number of benzene rings is 2. The van der Waals surface area contributed by atoms with Crippen molar-refractivity contribution < 1.29 is 9.53 Å². The van der Waals surface area contributed by atoms with Crippen molar-refractivity contribution in [3.05, 3.63) is 93.0 Å². The highest BCUT2D eigenvalue weighted by Gasteiger charge is 2.21. The predicted octanol–water partition coefficient (Wildman–Crippen LogP) is 7.58. The van der Waals surface area contributed by atoms with E-state index in [0.29, 0.717) is 65.2 Å². The summed E-state index contributed by atoms with van der Waals surface area (Å²) in [5.74, 6) is 1.77. The topological polar surface area (TPSA) is 106 Å². The Balaban J connectivity index is 1.21. The average molecular weight is 759 g/mol. The van der Waals surface area contributed by atoms with Crippen LogP contribution in [0.25, 0.3) is 39.2 Å². The number of ether oxygens (including phenoxy) is 1. The molecule has 4 heterocycles. The van der Waals surface area contributed by atoms with Gasteiger partial charge in [0, 0.05) is 84.8 Å². The lowest BCUT2D eigenvalue weighted by Gasteiger charge is -2.25. The van der Waals surface area contributed by atoms with E-state index in [4.69, 9.17) is 32.9 Å². The van der Waals surface area contributed by atoms with Crippen LogP contribution in [-0.4, -0.2) is 69.3 Å². The number of halogens is 2. The molecule has 1 amide bonds. The maximum atomic E-state index is 13.5. The van der Waals surface area contributed by atoms with Gasteiger partial charge in [-0.3, -0.25) is 4.79 Å². The average Bonchev–Trinajstić information content (AvgIpc) is 3.69. The van der Waals surface area contributed by atoms with Gasteiger partial charge in [-0.25, -0.2) is 18.9 Å². The molecule has 53 heavy (non-hydrogen) atoms. The Kier molecular flexibility index (Phi) is 12.6. The second-order valence-electron chi connectivity index (χ2n) is 14.7. The number of nitrogens with one attached hydrogen (secondary N) is 2. The van der Waals surface area contributed by atoms with E-state index in [1.165, 1.54) is 0 Å². The molecule has 0 saturated carbocycles. The number of aryl methyl sites for hydroxylation is 1. The smallest absolute Gasteiger partial charge is 0.350 e. The van der Waals surface area contributed by atoms with Crippen LogP contribution in [0, 0.1) is 11.8 Å². The van der Waals surface area contributed by atoms with Crippen LogP contribution >= 0.6 is 23.2 Å². The van der Waals surface area contributed by atoms with E-state index in [-0.39, 0.29) is 17.6 Å². The summed E-state index contributed by atoms with van der Waals surface area (Å²) in [6, 6.07) is 19.5. The van der Waals surface area contributed by atoms with Crippen molar-refractivity contribution in [2.75, 3.05) is 33.3 Å². The minimum Gasteiger partial charge on any atom is -0.481 e. The third kappa shape index (κ3) is 9.12. The molecule has 2 N–H and O–H groups in total. The number of aromatic nitrogens is 4. The maximum absolute atomic E-state index is 13.5. The SMILES string of the molecule is COc1nc(-c2cccc(-c3cccc(-c4ccc5nn(CCCN(CC(C)C)CC(C)C)c(=O)n5c4)c3Cl)c2Cl)ccc1CNC[C@H]1CCC(=O)N1. The minimum atomic E-state index is -0.170. The zero-order valence-electron chi connectivity index (χ0n) is 31.2. The van der Waals surface area contributed by atoms with Gasteiger partial charge in [-0.15, -0.1) is 5.10 Å². The molecule has 2 aromatic carbocycles. The summed E-state index contributed by atoms with van der Waals surface area (Å²) in [5.41, 5.74) is 5.83. The number of carbonyl (C=O) groups is 1. The second-order valence-corrected chi connectivity index (χ2v) is 15.4. The highest BCUT2D eigenvalue weighted by molar-refractivity contribution is 6.39. The summed E-state index contributed by atoms with van der Waals surface area (Å²) in [6.45, 7) is 13.7. The van der Waals surface area contributed by atoms with Gasteiger partial charge in [0.2, 0.25) is 11.8 Å². The number of fused-ring (bicyclic) bond motifs is 1. The van der Waals surface area contributed by atoms with Crippen molar-refractivity contribution in [3.8, 4) is 39.4 Å². The van der Waals surface area contributed by atoms with E-state index in [0.717, 1.165) is 65.9 Å². The van der Waals surface area contributed by atoms with Gasteiger partial charge in [-0.05, 0) is 49.4 Å². The van der Waals surface area contributed by atoms with E-state index >= 15 is 0 Å². The summed E-state index contributed by atoms with van der Waals surface area (Å²) in [4.78, 5) is 32.3. The van der Waals surface area contributed by atoms with E-state index in [1.807, 2.05) is 66.9 Å². The molecule has 0 aliphatic carbocycles. The molecule has 10 nitrogen and oxygen atoms in total. The van der Waals surface area contributed by atoms with E-state index in [1.54, 1.807) is 16.2 Å². The van der Waals surface area contributed by atoms with Gasteiger partial charge >= 0.3 is 5.69 Å². The highest BCUT2D eigenvalue weighted by atomic mass is 35.5. The van der Waals surface area contributed by atoms with Crippen molar-refractivity contribution in [2.45, 2.75) is 66.1 Å². The third-order valence-corrected chi connectivity index (χ3v) is 10.3. The largest absolute Gasteiger partial charge is 0.481 e. The van der Waals surface area contributed by atoms with Gasteiger partial charge in [0.05, 0.1) is 22.8 Å². The molecular weight excluding hydrogens is 709 g/mol. The van der Waals surface area contributed by atoms with Gasteiger partial charge in [0.15, 0.2) is 5.65 Å². The van der Waals surface area contributed by atoms with Crippen LogP contribution < -0.4 is 21.1 Å². The van der Waals surface area contributed by atoms with Crippen LogP contribution in [0.15, 0.2) is 71.7 Å². The Labute approximate surface area is 321 Å². The fourth-order valence-electron chi connectivity index (χ4n) is 7.10. The molecule has 1 fully saturated rings. The van der Waals surface area contributed by atoms with Gasteiger partial charge in [-0.2, -0.15) is 0 Å². The molecule has 5 aromatic rings. The summed E-state index contributed by atoms with van der Waals surface area (Å²) in [7, 11) is 1.60. The third-order valence-electron chi connectivity index (χ3n) is 9.47. The van der Waals surface area contributed by atoms with Crippen LogP contribution in [0.1, 0.15) is 52.5 Å². The van der Waals surface area contributed by atoms with Gasteiger partial charge in [0.25, 0.3) is 0 Å². The number of rotatable bonds is 16. The molecule has 6 rings (SSSR count). The molecule has 0 unspecified atom stereocenters. The lowest BCUT2D eigenvalue weighted by atomic mass is 9.97. The Bertz CT molecular complexity index is 2120. The Hall–Kier alpha value is -4.22. The first-order valence-corrected chi connectivity index (χ1v) is 19.2. The summed E-state index contributed by atoms with van der Waals surface area (Å²) >= 11 is 14.3. The van der Waals surface area contributed by atoms with E-state index < -0.39 is 0 Å². The normalized spacial score (nSPS) is 14.6. The number of pyridine rings is 2. The fraction of sp³-hybridized carbons (Fsp3) is 0.415. The van der Waals surface area contributed by atoms with Crippen molar-refractivity contribution in [2.24, 2.45) is 11.8 Å². The van der Waals surface area contributed by atoms with Crippen molar-refractivity contribution >= 4 is 34.8 Å². The number of methoxy groups -OCH3 is 1. The number of nitrogens with zero attached hydrogens (tertiary/aromatic N) is 5. The van der Waals surface area contributed by atoms with Crippen LogP contribution in [-0.2, 0) is 17.9 Å². The first-order valence-electron chi connectivity index (χ1n) is 18.5. The first kappa shape index (κ1) is 38.5. The second kappa shape index (κ2) is 17.3. The van der Waals surface area contributed by atoms with E-state index in [9.17, 15) is 9.59 Å². The Morgan fingerprint density at radius 2 is 1.60 bits per heavy atom. The molecule has 1 saturated heterocycles.